The summed E-state index contributed by atoms with van der Waals surface area (Å²) in [5.74, 6) is -3.54. The highest BCUT2D eigenvalue weighted by atomic mass is 35.5. The van der Waals surface area contributed by atoms with Crippen LogP contribution < -0.4 is 4.74 Å². The second kappa shape index (κ2) is 12.3. The number of alkyl halides is 4. The standard InChI is InChI=1S/C31H32ClF5N2O5/c1-17-25(40)15-39(27(17)29(42)43-2)28(41)22-12-21(18-3-4-18)26(13-24(22)33)44-16-30(34)7-9-38(10-8-30)14-19-11-20(31(35,36)37)5-6-23(19)32/h5-6,11-13,17-18,27H,3-4,7-10,14-16H2,1-2H3/t17?,27-/m0/s1. The van der Waals surface area contributed by atoms with E-state index in [1.165, 1.54) is 19.1 Å². The first-order valence-electron chi connectivity index (χ1n) is 14.4. The van der Waals surface area contributed by atoms with Crippen LogP contribution in [0.2, 0.25) is 5.02 Å². The minimum Gasteiger partial charge on any atom is -0.490 e. The van der Waals surface area contributed by atoms with Gasteiger partial charge >= 0.3 is 12.1 Å². The maximum Gasteiger partial charge on any atom is 0.416 e. The van der Waals surface area contributed by atoms with Gasteiger partial charge < -0.3 is 14.4 Å². The van der Waals surface area contributed by atoms with Crippen LogP contribution >= 0.6 is 11.6 Å². The molecule has 44 heavy (non-hydrogen) atoms. The molecule has 3 fully saturated rings. The van der Waals surface area contributed by atoms with E-state index in [2.05, 4.69) is 0 Å². The van der Waals surface area contributed by atoms with E-state index in [1.807, 2.05) is 4.90 Å². The number of carbonyl (C=O) groups is 3. The molecule has 5 rings (SSSR count). The zero-order valence-corrected chi connectivity index (χ0v) is 24.9. The number of nitrogens with zero attached hydrogens (tertiary/aromatic N) is 2. The Labute approximate surface area is 256 Å². The summed E-state index contributed by atoms with van der Waals surface area (Å²) in [7, 11) is 1.14. The minimum absolute atomic E-state index is 0.0118. The SMILES string of the molecule is COC(=O)[C@@H]1C(C)C(=O)CN1C(=O)c1cc(C2CC2)c(OCC2(F)CCN(Cc3cc(C(F)(F)F)ccc3Cl)CC2)cc1F. The smallest absolute Gasteiger partial charge is 0.416 e. The highest BCUT2D eigenvalue weighted by Gasteiger charge is 2.46. The summed E-state index contributed by atoms with van der Waals surface area (Å²) < 4.78 is 81.2. The van der Waals surface area contributed by atoms with Crippen molar-refractivity contribution in [1.82, 2.24) is 9.80 Å². The van der Waals surface area contributed by atoms with E-state index in [0.717, 1.165) is 43.1 Å². The highest BCUT2D eigenvalue weighted by molar-refractivity contribution is 6.31. The lowest BCUT2D eigenvalue weighted by Crippen LogP contribution is -2.44. The van der Waals surface area contributed by atoms with Gasteiger partial charge in [-0.05, 0) is 67.0 Å². The Morgan fingerprint density at radius 2 is 1.80 bits per heavy atom. The average Bonchev–Trinajstić information content (AvgIpc) is 3.78. The van der Waals surface area contributed by atoms with Crippen LogP contribution in [0.25, 0.3) is 0 Å². The van der Waals surface area contributed by atoms with Gasteiger partial charge in [0.1, 0.15) is 29.9 Å². The fraction of sp³-hybridized carbons (Fsp3) is 0.516. The number of halogens is 6. The third-order valence-electron chi connectivity index (χ3n) is 8.70. The number of piperidine rings is 1. The fourth-order valence-electron chi connectivity index (χ4n) is 5.81. The molecule has 1 unspecified atom stereocenters. The molecule has 0 spiro atoms. The van der Waals surface area contributed by atoms with Gasteiger partial charge in [-0.25, -0.2) is 13.6 Å². The van der Waals surface area contributed by atoms with Crippen LogP contribution in [0.4, 0.5) is 22.0 Å². The van der Waals surface area contributed by atoms with Gasteiger partial charge in [0.15, 0.2) is 5.78 Å². The van der Waals surface area contributed by atoms with Crippen LogP contribution in [-0.4, -0.2) is 72.5 Å². The fourth-order valence-corrected chi connectivity index (χ4v) is 5.99. The lowest BCUT2D eigenvalue weighted by molar-refractivity contribution is -0.146. The van der Waals surface area contributed by atoms with Crippen molar-refractivity contribution in [1.29, 1.82) is 0 Å². The molecular formula is C31H32ClF5N2O5. The molecule has 1 amide bonds. The van der Waals surface area contributed by atoms with Crippen molar-refractivity contribution in [3.05, 3.63) is 63.4 Å². The van der Waals surface area contributed by atoms with E-state index < -0.39 is 47.1 Å². The topological polar surface area (TPSA) is 76.2 Å². The number of rotatable bonds is 8. The largest absolute Gasteiger partial charge is 0.490 e. The maximum atomic E-state index is 15.8. The number of ketones is 1. The number of hydrogen-bond acceptors (Lipinski definition) is 6. The quantitative estimate of drug-likeness (QED) is 0.261. The summed E-state index contributed by atoms with van der Waals surface area (Å²) in [6, 6.07) is 4.36. The predicted molar refractivity (Wildman–Crippen MR) is 150 cm³/mol. The van der Waals surface area contributed by atoms with Crippen LogP contribution in [0, 0.1) is 11.7 Å². The normalized spacial score (nSPS) is 22.3. The van der Waals surface area contributed by atoms with Crippen LogP contribution in [0.1, 0.15) is 65.6 Å². The Morgan fingerprint density at radius 1 is 1.11 bits per heavy atom. The molecule has 3 aliphatic rings. The van der Waals surface area contributed by atoms with E-state index in [0.29, 0.717) is 11.1 Å². The average molecular weight is 643 g/mol. The lowest BCUT2D eigenvalue weighted by Gasteiger charge is -2.36. The van der Waals surface area contributed by atoms with E-state index in [4.69, 9.17) is 21.1 Å². The molecule has 0 N–H and O–H groups in total. The molecule has 0 aromatic heterocycles. The van der Waals surface area contributed by atoms with Gasteiger partial charge in [-0.3, -0.25) is 14.5 Å². The van der Waals surface area contributed by atoms with Gasteiger partial charge in [0.25, 0.3) is 5.91 Å². The van der Waals surface area contributed by atoms with Crippen molar-refractivity contribution in [3.63, 3.8) is 0 Å². The minimum atomic E-state index is -4.51. The van der Waals surface area contributed by atoms with Crippen molar-refractivity contribution < 1.29 is 45.8 Å². The number of carbonyl (C=O) groups excluding carboxylic acids is 3. The van der Waals surface area contributed by atoms with Crippen molar-refractivity contribution in [2.75, 3.05) is 33.4 Å². The molecule has 2 saturated heterocycles. The van der Waals surface area contributed by atoms with Crippen LogP contribution in [-0.2, 0) is 27.0 Å². The van der Waals surface area contributed by atoms with Crippen molar-refractivity contribution in [2.45, 2.75) is 63.0 Å². The molecule has 1 saturated carbocycles. The Bertz CT molecular complexity index is 1460. The number of methoxy groups -OCH3 is 1. The molecule has 2 aromatic carbocycles. The van der Waals surface area contributed by atoms with Crippen molar-refractivity contribution >= 4 is 29.3 Å². The van der Waals surface area contributed by atoms with Crippen LogP contribution in [0.5, 0.6) is 5.75 Å². The van der Waals surface area contributed by atoms with Gasteiger partial charge in [0.2, 0.25) is 0 Å². The van der Waals surface area contributed by atoms with E-state index in [1.54, 1.807) is 0 Å². The number of Topliss-reactive ketones (excluding diaryl/α,β-unsaturated/α-hetero) is 1. The second-order valence-electron chi connectivity index (χ2n) is 11.8. The summed E-state index contributed by atoms with van der Waals surface area (Å²) in [6.07, 6.45) is -2.88. The van der Waals surface area contributed by atoms with Gasteiger partial charge in [0.05, 0.1) is 24.8 Å². The molecule has 2 heterocycles. The predicted octanol–water partition coefficient (Wildman–Crippen LogP) is 5.96. The molecule has 0 bridgehead atoms. The Morgan fingerprint density at radius 3 is 2.41 bits per heavy atom. The second-order valence-corrected chi connectivity index (χ2v) is 12.2. The third kappa shape index (κ3) is 6.71. The summed E-state index contributed by atoms with van der Waals surface area (Å²) in [4.78, 5) is 40.8. The number of amides is 1. The molecule has 238 valence electrons. The lowest BCUT2D eigenvalue weighted by atomic mass is 9.93. The monoisotopic (exact) mass is 642 g/mol. The molecule has 2 atom stereocenters. The zero-order chi connectivity index (χ0) is 32.0. The first kappa shape index (κ1) is 32.2. The maximum absolute atomic E-state index is 15.8. The molecular weight excluding hydrogens is 611 g/mol. The number of likely N-dealkylation sites (tertiary alicyclic amines) is 2. The molecule has 2 aliphatic heterocycles. The Balaban J connectivity index is 1.25. The van der Waals surface area contributed by atoms with Crippen LogP contribution in [0.3, 0.4) is 0 Å². The molecule has 2 aromatic rings. The number of esters is 1. The Hall–Kier alpha value is -3.25. The van der Waals surface area contributed by atoms with E-state index in [-0.39, 0.29) is 73.7 Å². The summed E-state index contributed by atoms with van der Waals surface area (Å²) in [5.41, 5.74) is -2.04. The van der Waals surface area contributed by atoms with E-state index in [9.17, 15) is 27.6 Å². The van der Waals surface area contributed by atoms with Gasteiger partial charge in [-0.1, -0.05) is 18.5 Å². The van der Waals surface area contributed by atoms with Crippen molar-refractivity contribution in [2.24, 2.45) is 5.92 Å². The summed E-state index contributed by atoms with van der Waals surface area (Å²) >= 11 is 6.13. The number of benzene rings is 2. The summed E-state index contributed by atoms with van der Waals surface area (Å²) in [5, 5.41) is 0.196. The molecule has 13 heteroatoms. The Kier molecular flexibility index (Phi) is 8.97. The van der Waals surface area contributed by atoms with Crippen molar-refractivity contribution in [3.8, 4) is 5.75 Å². The zero-order valence-electron chi connectivity index (χ0n) is 24.2. The third-order valence-corrected chi connectivity index (χ3v) is 9.07. The molecule has 1 aliphatic carbocycles. The highest BCUT2D eigenvalue weighted by Crippen LogP contribution is 2.46. The number of hydrogen-bond donors (Lipinski definition) is 0. The molecule has 7 nitrogen and oxygen atoms in total. The first-order valence-corrected chi connectivity index (χ1v) is 14.7. The van der Waals surface area contributed by atoms with Crippen LogP contribution in [0.15, 0.2) is 30.3 Å². The van der Waals surface area contributed by atoms with Gasteiger partial charge in [0, 0.05) is 36.6 Å². The van der Waals surface area contributed by atoms with Gasteiger partial charge in [-0.2, -0.15) is 13.2 Å². The summed E-state index contributed by atoms with van der Waals surface area (Å²) in [6.45, 7) is 1.41. The van der Waals surface area contributed by atoms with Gasteiger partial charge in [-0.15, -0.1) is 0 Å². The first-order chi connectivity index (χ1) is 20.7. The molecule has 0 radical (unpaired) electrons. The van der Waals surface area contributed by atoms with E-state index >= 15 is 8.78 Å². The number of ether oxygens (including phenoxy) is 2.